The van der Waals surface area contributed by atoms with E-state index in [1.807, 2.05) is 0 Å². The normalized spacial score (nSPS) is 11.9. The van der Waals surface area contributed by atoms with E-state index in [4.69, 9.17) is 10.5 Å². The first-order valence-electron chi connectivity index (χ1n) is 8.87. The van der Waals surface area contributed by atoms with Gasteiger partial charge in [0, 0.05) is 17.3 Å². The van der Waals surface area contributed by atoms with Gasteiger partial charge in [0.2, 0.25) is 5.95 Å². The molecule has 0 spiro atoms. The van der Waals surface area contributed by atoms with Crippen molar-refractivity contribution in [2.24, 2.45) is 5.73 Å². The predicted octanol–water partition coefficient (Wildman–Crippen LogP) is 2.02. The van der Waals surface area contributed by atoms with Crippen molar-refractivity contribution < 1.29 is 19.0 Å². The molecule has 150 valence electrons. The molecular formula is C20H20FN5O3. The fraction of sp³-hybridized carbons (Fsp3) is 0.250. The maximum atomic E-state index is 13.9. The van der Waals surface area contributed by atoms with Gasteiger partial charge in [0.05, 0.1) is 42.7 Å². The minimum absolute atomic E-state index is 0.0124. The molecule has 1 amide bonds. The summed E-state index contributed by atoms with van der Waals surface area (Å²) in [5, 5.41) is 9.55. The highest BCUT2D eigenvalue weighted by Gasteiger charge is 2.16. The van der Waals surface area contributed by atoms with Crippen LogP contribution in [0.3, 0.4) is 0 Å². The van der Waals surface area contributed by atoms with Crippen molar-refractivity contribution in [3.63, 3.8) is 0 Å². The molecule has 3 aromatic rings. The maximum absolute atomic E-state index is 13.9. The van der Waals surface area contributed by atoms with Gasteiger partial charge in [0.15, 0.2) is 0 Å². The molecule has 3 heterocycles. The third-order valence-electron chi connectivity index (χ3n) is 4.35. The van der Waals surface area contributed by atoms with E-state index in [1.165, 1.54) is 25.7 Å². The molecule has 8 nitrogen and oxygen atoms in total. The largest absolute Gasteiger partial charge is 0.495 e. The van der Waals surface area contributed by atoms with Crippen molar-refractivity contribution in [1.82, 2.24) is 19.9 Å². The van der Waals surface area contributed by atoms with Gasteiger partial charge in [-0.3, -0.25) is 14.8 Å². The highest BCUT2D eigenvalue weighted by molar-refractivity contribution is 5.92. The lowest BCUT2D eigenvalue weighted by molar-refractivity contribution is 0.0994. The van der Waals surface area contributed by atoms with E-state index in [9.17, 15) is 14.3 Å². The number of pyridine rings is 2. The van der Waals surface area contributed by atoms with Gasteiger partial charge >= 0.3 is 0 Å². The van der Waals surface area contributed by atoms with Crippen molar-refractivity contribution in [2.45, 2.75) is 25.9 Å². The molecule has 0 aliphatic carbocycles. The van der Waals surface area contributed by atoms with Crippen LogP contribution in [0, 0.1) is 5.95 Å². The first-order chi connectivity index (χ1) is 13.9. The summed E-state index contributed by atoms with van der Waals surface area (Å²) in [6.45, 7) is 1.61. The summed E-state index contributed by atoms with van der Waals surface area (Å²) in [4.78, 5) is 28.3. The monoisotopic (exact) mass is 397 g/mol. The number of aliphatic hydroxyl groups excluding tert-OH is 1. The SMILES string of the molecule is COc1cnc(F)c(CCc2ncc(-c3ccc(C(C)O)nc3)nc2C(N)=O)c1. The maximum Gasteiger partial charge on any atom is 0.269 e. The number of rotatable bonds is 7. The number of halogens is 1. The van der Waals surface area contributed by atoms with E-state index >= 15 is 0 Å². The Balaban J connectivity index is 1.86. The molecule has 0 aliphatic heterocycles. The topological polar surface area (TPSA) is 124 Å². The number of aliphatic hydroxyl groups is 1. The smallest absolute Gasteiger partial charge is 0.269 e. The number of methoxy groups -OCH3 is 1. The Morgan fingerprint density at radius 3 is 2.62 bits per heavy atom. The molecule has 0 saturated heterocycles. The molecule has 0 radical (unpaired) electrons. The molecular weight excluding hydrogens is 377 g/mol. The molecule has 3 rings (SSSR count). The zero-order valence-corrected chi connectivity index (χ0v) is 16.0. The van der Waals surface area contributed by atoms with Crippen LogP contribution in [0.25, 0.3) is 11.3 Å². The van der Waals surface area contributed by atoms with E-state index in [-0.39, 0.29) is 18.5 Å². The van der Waals surface area contributed by atoms with Crippen LogP contribution >= 0.6 is 0 Å². The van der Waals surface area contributed by atoms with E-state index < -0.39 is 18.0 Å². The van der Waals surface area contributed by atoms with Crippen LogP contribution < -0.4 is 10.5 Å². The van der Waals surface area contributed by atoms with Crippen molar-refractivity contribution in [3.8, 4) is 17.0 Å². The Labute approximate surface area is 166 Å². The zero-order chi connectivity index (χ0) is 21.0. The minimum Gasteiger partial charge on any atom is -0.495 e. The van der Waals surface area contributed by atoms with Gasteiger partial charge < -0.3 is 15.6 Å². The molecule has 0 fully saturated rings. The van der Waals surface area contributed by atoms with Crippen LogP contribution in [0.4, 0.5) is 4.39 Å². The lowest BCUT2D eigenvalue weighted by atomic mass is 10.1. The van der Waals surface area contributed by atoms with Gasteiger partial charge in [-0.25, -0.2) is 9.97 Å². The summed E-state index contributed by atoms with van der Waals surface area (Å²) in [6, 6.07) is 4.93. The van der Waals surface area contributed by atoms with Crippen LogP contribution in [0.2, 0.25) is 0 Å². The number of hydrogen-bond donors (Lipinski definition) is 2. The number of ether oxygens (including phenoxy) is 1. The summed E-state index contributed by atoms with van der Waals surface area (Å²) < 4.78 is 19.0. The molecule has 0 bridgehead atoms. The number of aryl methyl sites for hydroxylation is 2. The number of hydrogen-bond acceptors (Lipinski definition) is 7. The molecule has 9 heteroatoms. The van der Waals surface area contributed by atoms with E-state index in [2.05, 4.69) is 19.9 Å². The number of aromatic nitrogens is 4. The second kappa shape index (κ2) is 8.70. The molecule has 29 heavy (non-hydrogen) atoms. The first-order valence-corrected chi connectivity index (χ1v) is 8.87. The fourth-order valence-electron chi connectivity index (χ4n) is 2.75. The van der Waals surface area contributed by atoms with E-state index in [1.54, 1.807) is 25.1 Å². The van der Waals surface area contributed by atoms with Crippen LogP contribution in [-0.4, -0.2) is 38.1 Å². The van der Waals surface area contributed by atoms with Gasteiger partial charge in [0.25, 0.3) is 5.91 Å². The number of carbonyl (C=O) groups excluding carboxylic acids is 1. The lowest BCUT2D eigenvalue weighted by Gasteiger charge is -2.10. The Hall–Kier alpha value is -3.46. The highest BCUT2D eigenvalue weighted by atomic mass is 19.1. The standard InChI is InChI=1S/C20H20FN5O3/c1-11(27)15-5-4-13(8-23-15)17-10-24-16(18(26-17)20(22)28)6-3-12-7-14(29-2)9-25-19(12)21/h4-5,7-11,27H,3,6H2,1-2H3,(H2,22,28). The van der Waals surface area contributed by atoms with Gasteiger partial charge in [0.1, 0.15) is 11.4 Å². The van der Waals surface area contributed by atoms with Gasteiger partial charge in [-0.1, -0.05) is 0 Å². The van der Waals surface area contributed by atoms with Crippen LogP contribution in [-0.2, 0) is 12.8 Å². The Morgan fingerprint density at radius 2 is 2.00 bits per heavy atom. The molecule has 1 unspecified atom stereocenters. The third kappa shape index (κ3) is 4.69. The van der Waals surface area contributed by atoms with Crippen molar-refractivity contribution in [1.29, 1.82) is 0 Å². The summed E-state index contributed by atoms with van der Waals surface area (Å²) in [7, 11) is 1.47. The highest BCUT2D eigenvalue weighted by Crippen LogP contribution is 2.20. The predicted molar refractivity (Wildman–Crippen MR) is 103 cm³/mol. The molecule has 3 N–H and O–H groups in total. The number of amides is 1. The fourth-order valence-corrected chi connectivity index (χ4v) is 2.75. The van der Waals surface area contributed by atoms with Crippen molar-refractivity contribution in [2.75, 3.05) is 7.11 Å². The number of primary amides is 1. The quantitative estimate of drug-likeness (QED) is 0.585. The molecule has 0 aliphatic rings. The zero-order valence-electron chi connectivity index (χ0n) is 16.0. The number of carbonyl (C=O) groups is 1. The van der Waals surface area contributed by atoms with Gasteiger partial charge in [-0.05, 0) is 38.0 Å². The van der Waals surface area contributed by atoms with E-state index in [0.29, 0.717) is 34.0 Å². The number of nitrogens with zero attached hydrogens (tertiary/aromatic N) is 4. The van der Waals surface area contributed by atoms with Crippen LogP contribution in [0.15, 0.2) is 36.8 Å². The second-order valence-electron chi connectivity index (χ2n) is 6.39. The van der Waals surface area contributed by atoms with Crippen LogP contribution in [0.1, 0.15) is 40.5 Å². The third-order valence-corrected chi connectivity index (χ3v) is 4.35. The summed E-state index contributed by atoms with van der Waals surface area (Å²) in [5.74, 6) is -0.904. The van der Waals surface area contributed by atoms with Gasteiger partial charge in [-0.15, -0.1) is 0 Å². The summed E-state index contributed by atoms with van der Waals surface area (Å²) >= 11 is 0. The average molecular weight is 397 g/mol. The Morgan fingerprint density at radius 1 is 1.21 bits per heavy atom. The minimum atomic E-state index is -0.729. The van der Waals surface area contributed by atoms with Crippen LogP contribution in [0.5, 0.6) is 5.75 Å². The molecule has 1 atom stereocenters. The van der Waals surface area contributed by atoms with E-state index in [0.717, 1.165) is 0 Å². The van der Waals surface area contributed by atoms with Crippen molar-refractivity contribution >= 4 is 5.91 Å². The number of nitrogens with two attached hydrogens (primary N) is 1. The average Bonchev–Trinajstić information content (AvgIpc) is 2.73. The summed E-state index contributed by atoms with van der Waals surface area (Å²) in [5.41, 5.74) is 7.74. The molecule has 0 saturated carbocycles. The molecule has 0 aromatic carbocycles. The Kier molecular flexibility index (Phi) is 6.08. The van der Waals surface area contributed by atoms with Crippen molar-refractivity contribution in [3.05, 3.63) is 65.4 Å². The molecule has 3 aromatic heterocycles. The summed E-state index contributed by atoms with van der Waals surface area (Å²) in [6.07, 6.45) is 4.13. The Bertz CT molecular complexity index is 1030. The first kappa shape index (κ1) is 20.3. The van der Waals surface area contributed by atoms with Gasteiger partial charge in [-0.2, -0.15) is 4.39 Å². The lowest BCUT2D eigenvalue weighted by Crippen LogP contribution is -2.18. The second-order valence-corrected chi connectivity index (χ2v) is 6.39.